The molecule has 0 saturated carbocycles. The summed E-state index contributed by atoms with van der Waals surface area (Å²) in [6.07, 6.45) is -4.85. The molecule has 0 amide bonds. The largest absolute Gasteiger partial charge is 0.456 e. The van der Waals surface area contributed by atoms with Crippen molar-refractivity contribution in [2.45, 2.75) is 65.0 Å². The van der Waals surface area contributed by atoms with Crippen LogP contribution >= 0.6 is 0 Å². The van der Waals surface area contributed by atoms with Crippen LogP contribution < -0.4 is 0 Å². The molecule has 0 aliphatic carbocycles. The molecular weight excluding hydrogens is 404 g/mol. The maximum Gasteiger partial charge on any atom is 0.303 e. The van der Waals surface area contributed by atoms with Crippen molar-refractivity contribution in [2.24, 2.45) is 0 Å². The van der Waals surface area contributed by atoms with Crippen molar-refractivity contribution in [3.8, 4) is 0 Å². The van der Waals surface area contributed by atoms with Crippen molar-refractivity contribution in [2.75, 3.05) is 0 Å². The van der Waals surface area contributed by atoms with Crippen LogP contribution in [0.5, 0.6) is 0 Å². The summed E-state index contributed by atoms with van der Waals surface area (Å²) in [6.45, 7) is 5.53. The van der Waals surface area contributed by atoms with E-state index >= 15 is 0 Å². The van der Waals surface area contributed by atoms with Crippen LogP contribution in [0.25, 0.3) is 10.8 Å². The minimum Gasteiger partial charge on any atom is -0.456 e. The first-order valence-electron chi connectivity index (χ1n) is 10.0. The zero-order chi connectivity index (χ0) is 22.5. The number of rotatable bonds is 6. The van der Waals surface area contributed by atoms with E-state index in [1.54, 1.807) is 6.92 Å². The molecule has 31 heavy (non-hydrogen) atoms. The number of fused-ring (bicyclic) bond motifs is 1. The Kier molecular flexibility index (Phi) is 7.25. The smallest absolute Gasteiger partial charge is 0.303 e. The third-order valence-corrected chi connectivity index (χ3v) is 4.92. The number of ether oxygens (including phenoxy) is 5. The van der Waals surface area contributed by atoms with E-state index in [4.69, 9.17) is 23.7 Å². The summed E-state index contributed by atoms with van der Waals surface area (Å²) < 4.78 is 28.0. The van der Waals surface area contributed by atoms with Crippen LogP contribution in [-0.2, 0) is 44.7 Å². The number of benzene rings is 2. The van der Waals surface area contributed by atoms with Crippen LogP contribution in [0.2, 0.25) is 0 Å². The Hall–Kier alpha value is -2.97. The van der Waals surface area contributed by atoms with Crippen molar-refractivity contribution in [1.29, 1.82) is 0 Å². The van der Waals surface area contributed by atoms with Gasteiger partial charge >= 0.3 is 17.9 Å². The molecule has 2 aromatic rings. The number of carbonyl (C=O) groups is 3. The van der Waals surface area contributed by atoms with Crippen LogP contribution in [0.4, 0.5) is 0 Å². The molecule has 8 nitrogen and oxygen atoms in total. The lowest BCUT2D eigenvalue weighted by Crippen LogP contribution is -2.61. The second-order valence-electron chi connectivity index (χ2n) is 7.38. The molecule has 1 aliphatic heterocycles. The summed E-state index contributed by atoms with van der Waals surface area (Å²) in [5.74, 6) is -1.80. The molecule has 0 spiro atoms. The molecule has 0 unspecified atom stereocenters. The average Bonchev–Trinajstić information content (AvgIpc) is 2.70. The molecule has 2 aromatic carbocycles. The molecule has 0 aromatic heterocycles. The SMILES string of the molecule is CC(=O)O[C@@H]1[C@@H](OC(C)=O)[C@H](C)O[C@@H](OCc2cccc3ccccc23)[C@@H]1OC(C)=O. The van der Waals surface area contributed by atoms with Crippen LogP contribution in [0.15, 0.2) is 42.5 Å². The molecule has 1 saturated heterocycles. The number of hydrogen-bond donors (Lipinski definition) is 0. The van der Waals surface area contributed by atoms with Gasteiger partial charge in [-0.1, -0.05) is 42.5 Å². The van der Waals surface area contributed by atoms with Gasteiger partial charge in [0, 0.05) is 20.8 Å². The second kappa shape index (κ2) is 9.89. The summed E-state index contributed by atoms with van der Waals surface area (Å²) in [7, 11) is 0. The molecule has 166 valence electrons. The van der Waals surface area contributed by atoms with Crippen molar-refractivity contribution < 1.29 is 38.1 Å². The van der Waals surface area contributed by atoms with Gasteiger partial charge in [-0.25, -0.2) is 0 Å². The van der Waals surface area contributed by atoms with Gasteiger partial charge in [0.25, 0.3) is 0 Å². The standard InChI is InChI=1S/C23H26O8/c1-13-20(29-14(2)24)21(30-15(3)25)22(31-16(4)26)23(28-13)27-12-18-10-7-9-17-8-5-6-11-19(17)18/h5-11,13,20-23H,12H2,1-4H3/t13-,20-,21+,22+,23+/m0/s1. The monoisotopic (exact) mass is 430 g/mol. The maximum atomic E-state index is 11.8. The summed E-state index contributed by atoms with van der Waals surface area (Å²) in [4.78, 5) is 35.1. The van der Waals surface area contributed by atoms with Crippen molar-refractivity contribution in [3.05, 3.63) is 48.0 Å². The Morgan fingerprint density at radius 1 is 0.806 bits per heavy atom. The summed E-state index contributed by atoms with van der Waals surface area (Å²) in [6, 6.07) is 13.7. The van der Waals surface area contributed by atoms with E-state index in [9.17, 15) is 14.4 Å². The molecular formula is C23H26O8. The predicted molar refractivity (Wildman–Crippen MR) is 110 cm³/mol. The zero-order valence-corrected chi connectivity index (χ0v) is 17.9. The molecule has 8 heteroatoms. The van der Waals surface area contributed by atoms with E-state index in [0.717, 1.165) is 16.3 Å². The van der Waals surface area contributed by atoms with E-state index in [-0.39, 0.29) is 6.61 Å². The lowest BCUT2D eigenvalue weighted by atomic mass is 9.98. The molecule has 0 N–H and O–H groups in total. The summed E-state index contributed by atoms with van der Waals surface area (Å²) >= 11 is 0. The number of carbonyl (C=O) groups excluding carboxylic acids is 3. The first kappa shape index (κ1) is 22.7. The quantitative estimate of drug-likeness (QED) is 0.510. The van der Waals surface area contributed by atoms with E-state index in [1.165, 1.54) is 20.8 Å². The molecule has 5 atom stereocenters. The molecule has 1 heterocycles. The maximum absolute atomic E-state index is 11.8. The van der Waals surface area contributed by atoms with E-state index < -0.39 is 48.6 Å². The lowest BCUT2D eigenvalue weighted by Gasteiger charge is -2.43. The normalized spacial score (nSPS) is 25.6. The fourth-order valence-electron chi connectivity index (χ4n) is 3.69. The Balaban J connectivity index is 1.87. The van der Waals surface area contributed by atoms with Gasteiger partial charge in [0.1, 0.15) is 0 Å². The first-order chi connectivity index (χ1) is 14.8. The third-order valence-electron chi connectivity index (χ3n) is 4.92. The van der Waals surface area contributed by atoms with Gasteiger partial charge in [0.2, 0.25) is 0 Å². The van der Waals surface area contributed by atoms with Crippen LogP contribution in [0.1, 0.15) is 33.3 Å². The van der Waals surface area contributed by atoms with Gasteiger partial charge in [-0.05, 0) is 23.3 Å². The average molecular weight is 430 g/mol. The van der Waals surface area contributed by atoms with E-state index in [2.05, 4.69) is 0 Å². The molecule has 0 bridgehead atoms. The lowest BCUT2D eigenvalue weighted by molar-refractivity contribution is -0.303. The first-order valence-corrected chi connectivity index (χ1v) is 10.0. The fourth-order valence-corrected chi connectivity index (χ4v) is 3.69. The molecule has 1 fully saturated rings. The summed E-state index contributed by atoms with van der Waals surface area (Å²) in [5.41, 5.74) is 0.919. The zero-order valence-electron chi connectivity index (χ0n) is 17.9. The fraction of sp³-hybridized carbons (Fsp3) is 0.435. The van der Waals surface area contributed by atoms with Gasteiger partial charge in [-0.2, -0.15) is 0 Å². The Morgan fingerprint density at radius 3 is 2.06 bits per heavy atom. The minimum absolute atomic E-state index is 0.168. The van der Waals surface area contributed by atoms with Crippen LogP contribution in [-0.4, -0.2) is 48.6 Å². The Bertz CT molecular complexity index is 950. The highest BCUT2D eigenvalue weighted by Gasteiger charge is 2.50. The number of hydrogen-bond acceptors (Lipinski definition) is 8. The van der Waals surface area contributed by atoms with Crippen molar-refractivity contribution >= 4 is 28.7 Å². The molecule has 1 aliphatic rings. The van der Waals surface area contributed by atoms with Crippen molar-refractivity contribution in [3.63, 3.8) is 0 Å². The van der Waals surface area contributed by atoms with E-state index in [1.807, 2.05) is 42.5 Å². The predicted octanol–water partition coefficient (Wildman–Crippen LogP) is 2.90. The Morgan fingerprint density at radius 2 is 1.39 bits per heavy atom. The van der Waals surface area contributed by atoms with Gasteiger partial charge in [0.05, 0.1) is 12.7 Å². The van der Waals surface area contributed by atoms with Crippen molar-refractivity contribution in [1.82, 2.24) is 0 Å². The highest BCUT2D eigenvalue weighted by molar-refractivity contribution is 5.85. The molecule has 0 radical (unpaired) electrons. The summed E-state index contributed by atoms with van der Waals surface area (Å²) in [5, 5.41) is 2.08. The molecule has 3 rings (SSSR count). The Labute approximate surface area is 180 Å². The third kappa shape index (κ3) is 5.59. The van der Waals surface area contributed by atoms with Crippen LogP contribution in [0.3, 0.4) is 0 Å². The topological polar surface area (TPSA) is 97.4 Å². The second-order valence-corrected chi connectivity index (χ2v) is 7.38. The van der Waals surface area contributed by atoms with Gasteiger partial charge in [-0.3, -0.25) is 14.4 Å². The highest BCUT2D eigenvalue weighted by Crippen LogP contribution is 2.30. The van der Waals surface area contributed by atoms with Gasteiger partial charge < -0.3 is 23.7 Å². The highest BCUT2D eigenvalue weighted by atomic mass is 16.7. The number of esters is 3. The van der Waals surface area contributed by atoms with Crippen LogP contribution in [0, 0.1) is 0 Å². The van der Waals surface area contributed by atoms with E-state index in [0.29, 0.717) is 0 Å². The van der Waals surface area contributed by atoms with Gasteiger partial charge in [-0.15, -0.1) is 0 Å². The van der Waals surface area contributed by atoms with Gasteiger partial charge in [0.15, 0.2) is 24.6 Å². The minimum atomic E-state index is -1.11.